The van der Waals surface area contributed by atoms with E-state index in [1.807, 2.05) is 6.08 Å². The van der Waals surface area contributed by atoms with E-state index in [1.54, 1.807) is 0 Å². The molecule has 0 saturated carbocycles. The average molecular weight is 137 g/mol. The SMILES string of the molecule is C=CCCC(C)=C[C](C)C. The molecule has 0 nitrogen and oxygen atoms in total. The fraction of sp³-hybridized carbons (Fsp3) is 0.500. The van der Waals surface area contributed by atoms with Crippen LogP contribution < -0.4 is 0 Å². The highest BCUT2D eigenvalue weighted by atomic mass is 14.0. The summed E-state index contributed by atoms with van der Waals surface area (Å²) in [6.07, 6.45) is 6.43. The van der Waals surface area contributed by atoms with Crippen LogP contribution in [0.2, 0.25) is 0 Å². The molecule has 0 fully saturated rings. The van der Waals surface area contributed by atoms with Gasteiger partial charge in [-0.25, -0.2) is 0 Å². The van der Waals surface area contributed by atoms with Crippen molar-refractivity contribution in [3.8, 4) is 0 Å². The highest BCUT2D eigenvalue weighted by Gasteiger charge is 1.90. The van der Waals surface area contributed by atoms with E-state index in [2.05, 4.69) is 33.4 Å². The van der Waals surface area contributed by atoms with E-state index in [4.69, 9.17) is 0 Å². The Morgan fingerprint density at radius 3 is 2.30 bits per heavy atom. The maximum Gasteiger partial charge on any atom is -0.00865 e. The van der Waals surface area contributed by atoms with Crippen molar-refractivity contribution in [2.24, 2.45) is 0 Å². The van der Waals surface area contributed by atoms with Crippen LogP contribution in [0.15, 0.2) is 24.3 Å². The lowest BCUT2D eigenvalue weighted by molar-refractivity contribution is 0.967. The van der Waals surface area contributed by atoms with Crippen molar-refractivity contribution in [3.63, 3.8) is 0 Å². The summed E-state index contributed by atoms with van der Waals surface area (Å²) in [5, 5.41) is 0. The van der Waals surface area contributed by atoms with Gasteiger partial charge < -0.3 is 0 Å². The molecule has 0 aliphatic carbocycles. The highest BCUT2D eigenvalue weighted by Crippen LogP contribution is 2.08. The second-order valence-electron chi connectivity index (χ2n) is 2.90. The van der Waals surface area contributed by atoms with E-state index < -0.39 is 0 Å². The Morgan fingerprint density at radius 2 is 1.90 bits per heavy atom. The first-order valence-electron chi connectivity index (χ1n) is 3.75. The third-order valence-corrected chi connectivity index (χ3v) is 1.28. The predicted octanol–water partition coefficient (Wildman–Crippen LogP) is 3.51. The van der Waals surface area contributed by atoms with Gasteiger partial charge in [-0.1, -0.05) is 31.6 Å². The molecule has 0 saturated heterocycles. The van der Waals surface area contributed by atoms with Gasteiger partial charge in [-0.15, -0.1) is 6.58 Å². The summed E-state index contributed by atoms with van der Waals surface area (Å²) in [5.41, 5.74) is 1.44. The first kappa shape index (κ1) is 9.48. The topological polar surface area (TPSA) is 0 Å². The maximum atomic E-state index is 3.68. The largest absolute Gasteiger partial charge is 0.103 e. The Labute approximate surface area is 64.6 Å². The third kappa shape index (κ3) is 5.61. The van der Waals surface area contributed by atoms with Gasteiger partial charge in [-0.3, -0.25) is 0 Å². The molecule has 1 radical (unpaired) electrons. The van der Waals surface area contributed by atoms with Crippen LogP contribution in [-0.2, 0) is 0 Å². The number of rotatable bonds is 4. The molecule has 57 valence electrons. The van der Waals surface area contributed by atoms with Crippen molar-refractivity contribution in [1.82, 2.24) is 0 Å². The zero-order chi connectivity index (χ0) is 7.98. The van der Waals surface area contributed by atoms with Gasteiger partial charge in [0.15, 0.2) is 0 Å². The molecule has 0 aromatic heterocycles. The van der Waals surface area contributed by atoms with Crippen molar-refractivity contribution >= 4 is 0 Å². The Hall–Kier alpha value is -0.520. The van der Waals surface area contributed by atoms with Gasteiger partial charge in [0.05, 0.1) is 0 Å². The van der Waals surface area contributed by atoms with E-state index in [1.165, 1.54) is 11.5 Å². The fourth-order valence-electron chi connectivity index (χ4n) is 0.895. The molecule has 0 heteroatoms. The predicted molar refractivity (Wildman–Crippen MR) is 47.8 cm³/mol. The monoisotopic (exact) mass is 137 g/mol. The van der Waals surface area contributed by atoms with E-state index in [-0.39, 0.29) is 0 Å². The molecule has 0 unspecified atom stereocenters. The first-order chi connectivity index (χ1) is 4.66. The molecule has 0 aliphatic heterocycles. The minimum Gasteiger partial charge on any atom is -0.103 e. The van der Waals surface area contributed by atoms with Crippen molar-refractivity contribution in [1.29, 1.82) is 0 Å². The molecular formula is C10H17. The lowest BCUT2D eigenvalue weighted by atomic mass is 10.1. The molecule has 0 rings (SSSR count). The summed E-state index contributed by atoms with van der Waals surface area (Å²) in [7, 11) is 0. The number of allylic oxidation sites excluding steroid dienone is 3. The minimum absolute atomic E-state index is 1.09. The fourth-order valence-corrected chi connectivity index (χ4v) is 0.895. The van der Waals surface area contributed by atoms with Gasteiger partial charge in [0.25, 0.3) is 0 Å². The second kappa shape index (κ2) is 5.28. The van der Waals surface area contributed by atoms with Crippen LogP contribution in [-0.4, -0.2) is 0 Å². The first-order valence-corrected chi connectivity index (χ1v) is 3.75. The Balaban J connectivity index is 3.59. The lowest BCUT2D eigenvalue weighted by Gasteiger charge is -1.99. The normalized spacial score (nSPS) is 12.2. The summed E-state index contributed by atoms with van der Waals surface area (Å²) in [6.45, 7) is 10.1. The highest BCUT2D eigenvalue weighted by molar-refractivity contribution is 5.11. The van der Waals surface area contributed by atoms with Gasteiger partial charge in [0.1, 0.15) is 0 Å². The van der Waals surface area contributed by atoms with E-state index >= 15 is 0 Å². The summed E-state index contributed by atoms with van der Waals surface area (Å²) < 4.78 is 0. The summed E-state index contributed by atoms with van der Waals surface area (Å²) in [4.78, 5) is 0. The molecule has 0 aliphatic rings. The van der Waals surface area contributed by atoms with E-state index in [0.717, 1.165) is 12.8 Å². The Kier molecular flexibility index (Phi) is 5.00. The van der Waals surface area contributed by atoms with Crippen molar-refractivity contribution < 1.29 is 0 Å². The van der Waals surface area contributed by atoms with E-state index in [9.17, 15) is 0 Å². The zero-order valence-electron chi connectivity index (χ0n) is 7.28. The quantitative estimate of drug-likeness (QED) is 0.520. The number of hydrogen-bond acceptors (Lipinski definition) is 0. The standard InChI is InChI=1S/C10H17/c1-5-6-7-10(4)8-9(2)3/h5,8H,1,6-7H2,2-4H3. The van der Waals surface area contributed by atoms with E-state index in [0.29, 0.717) is 0 Å². The molecule has 0 aromatic carbocycles. The summed E-state index contributed by atoms with van der Waals surface area (Å²) in [6, 6.07) is 0. The molecule has 0 atom stereocenters. The van der Waals surface area contributed by atoms with Crippen LogP contribution in [0.25, 0.3) is 0 Å². The van der Waals surface area contributed by atoms with Gasteiger partial charge in [0, 0.05) is 0 Å². The lowest BCUT2D eigenvalue weighted by Crippen LogP contribution is -1.80. The Morgan fingerprint density at radius 1 is 1.30 bits per heavy atom. The molecule has 10 heavy (non-hydrogen) atoms. The average Bonchev–Trinajstić information content (AvgIpc) is 1.82. The van der Waals surface area contributed by atoms with Crippen molar-refractivity contribution in [3.05, 3.63) is 30.2 Å². The van der Waals surface area contributed by atoms with Gasteiger partial charge in [0.2, 0.25) is 0 Å². The van der Waals surface area contributed by atoms with Crippen LogP contribution in [0.1, 0.15) is 33.6 Å². The maximum absolute atomic E-state index is 3.68. The second-order valence-corrected chi connectivity index (χ2v) is 2.90. The third-order valence-electron chi connectivity index (χ3n) is 1.28. The smallest absolute Gasteiger partial charge is 0.00865 e. The number of hydrogen-bond donors (Lipinski definition) is 0. The van der Waals surface area contributed by atoms with Crippen LogP contribution >= 0.6 is 0 Å². The Bertz CT molecular complexity index is 118. The molecule has 0 N–H and O–H groups in total. The van der Waals surface area contributed by atoms with Crippen LogP contribution in [0, 0.1) is 5.92 Å². The van der Waals surface area contributed by atoms with Gasteiger partial charge >= 0.3 is 0 Å². The summed E-state index contributed by atoms with van der Waals surface area (Å²) >= 11 is 0. The molecule has 0 aromatic rings. The molecule has 0 amide bonds. The zero-order valence-corrected chi connectivity index (χ0v) is 7.28. The van der Waals surface area contributed by atoms with Crippen molar-refractivity contribution in [2.45, 2.75) is 33.6 Å². The van der Waals surface area contributed by atoms with Crippen LogP contribution in [0.5, 0.6) is 0 Å². The molecule has 0 spiro atoms. The molecule has 0 bridgehead atoms. The van der Waals surface area contributed by atoms with Crippen LogP contribution in [0.3, 0.4) is 0 Å². The summed E-state index contributed by atoms with van der Waals surface area (Å²) in [5.74, 6) is 1.38. The van der Waals surface area contributed by atoms with Crippen LogP contribution in [0.4, 0.5) is 0 Å². The van der Waals surface area contributed by atoms with Gasteiger partial charge in [-0.05, 0) is 25.7 Å². The van der Waals surface area contributed by atoms with Crippen molar-refractivity contribution in [2.75, 3.05) is 0 Å². The minimum atomic E-state index is 1.09. The molecular weight excluding hydrogens is 120 g/mol. The molecule has 0 heterocycles. The van der Waals surface area contributed by atoms with Gasteiger partial charge in [-0.2, -0.15) is 0 Å².